The van der Waals surface area contributed by atoms with E-state index < -0.39 is 0 Å². The fraction of sp³-hybridized carbons (Fsp3) is 0.294. The number of anilines is 1. The molecule has 0 unspecified atom stereocenters. The van der Waals surface area contributed by atoms with Gasteiger partial charge in [-0.15, -0.1) is 0 Å². The highest BCUT2D eigenvalue weighted by Crippen LogP contribution is 2.34. The maximum absolute atomic E-state index is 5.67. The van der Waals surface area contributed by atoms with E-state index in [1.165, 1.54) is 0 Å². The van der Waals surface area contributed by atoms with Crippen molar-refractivity contribution >= 4 is 37.5 Å². The van der Waals surface area contributed by atoms with Crippen molar-refractivity contribution in [1.82, 2.24) is 0 Å². The Balaban J connectivity index is 2.15. The molecule has 5 heteroatoms. The molecule has 0 aliphatic rings. The molecule has 0 radical (unpaired) electrons. The van der Waals surface area contributed by atoms with Crippen LogP contribution in [0.2, 0.25) is 0 Å². The molecule has 0 saturated heterocycles. The first-order valence-corrected chi connectivity index (χ1v) is 8.80. The molecule has 0 bridgehead atoms. The number of hydrogen-bond donors (Lipinski definition) is 1. The van der Waals surface area contributed by atoms with Gasteiger partial charge in [-0.3, -0.25) is 0 Å². The van der Waals surface area contributed by atoms with Crippen LogP contribution in [0.25, 0.3) is 0 Å². The summed E-state index contributed by atoms with van der Waals surface area (Å²) in [5.41, 5.74) is 2.19. The topological polar surface area (TPSA) is 30.5 Å². The summed E-state index contributed by atoms with van der Waals surface area (Å²) in [5.74, 6) is 1.55. The van der Waals surface area contributed by atoms with Gasteiger partial charge in [0.2, 0.25) is 0 Å². The SMILES string of the molecule is CCOc1cc(Br)c(CNc2ccc(Br)cc2)cc1OCC. The number of rotatable bonds is 7. The number of halogens is 2. The van der Waals surface area contributed by atoms with Crippen LogP contribution in [-0.2, 0) is 6.54 Å². The molecule has 0 amide bonds. The standard InChI is InChI=1S/C17H19Br2NO2/c1-3-21-16-9-12(15(19)10-17(16)22-4-2)11-20-14-7-5-13(18)6-8-14/h5-10,20H,3-4,11H2,1-2H3. The molecule has 0 fully saturated rings. The van der Waals surface area contributed by atoms with Crippen molar-refractivity contribution in [2.24, 2.45) is 0 Å². The third-order valence-corrected chi connectivity index (χ3v) is 4.31. The van der Waals surface area contributed by atoms with E-state index in [-0.39, 0.29) is 0 Å². The lowest BCUT2D eigenvalue weighted by molar-refractivity contribution is 0.287. The van der Waals surface area contributed by atoms with E-state index in [9.17, 15) is 0 Å². The summed E-state index contributed by atoms with van der Waals surface area (Å²) in [6.07, 6.45) is 0. The highest BCUT2D eigenvalue weighted by molar-refractivity contribution is 9.10. The molecule has 0 aromatic heterocycles. The molecule has 118 valence electrons. The first kappa shape index (κ1) is 17.2. The molecule has 22 heavy (non-hydrogen) atoms. The summed E-state index contributed by atoms with van der Waals surface area (Å²) in [5, 5.41) is 3.40. The monoisotopic (exact) mass is 427 g/mol. The average molecular weight is 429 g/mol. The Kier molecular flexibility index (Phi) is 6.58. The van der Waals surface area contributed by atoms with Crippen LogP contribution in [0.1, 0.15) is 19.4 Å². The molecule has 2 aromatic rings. The van der Waals surface area contributed by atoms with Gasteiger partial charge in [0.15, 0.2) is 11.5 Å². The van der Waals surface area contributed by atoms with Crippen molar-refractivity contribution in [3.05, 3.63) is 50.9 Å². The normalized spacial score (nSPS) is 10.4. The van der Waals surface area contributed by atoms with Crippen LogP contribution in [0, 0.1) is 0 Å². The molecule has 0 saturated carbocycles. The molecule has 0 atom stereocenters. The summed E-state index contributed by atoms with van der Waals surface area (Å²) in [6.45, 7) is 5.86. The van der Waals surface area contributed by atoms with Crippen molar-refractivity contribution in [2.45, 2.75) is 20.4 Å². The highest BCUT2D eigenvalue weighted by Gasteiger charge is 2.10. The Morgan fingerprint density at radius 1 is 0.909 bits per heavy atom. The van der Waals surface area contributed by atoms with Crippen molar-refractivity contribution in [3.63, 3.8) is 0 Å². The lowest BCUT2D eigenvalue weighted by atomic mass is 10.2. The largest absolute Gasteiger partial charge is 0.490 e. The third-order valence-electron chi connectivity index (χ3n) is 3.04. The van der Waals surface area contributed by atoms with Gasteiger partial charge in [0, 0.05) is 21.2 Å². The lowest BCUT2D eigenvalue weighted by Gasteiger charge is -2.15. The smallest absolute Gasteiger partial charge is 0.162 e. The van der Waals surface area contributed by atoms with E-state index >= 15 is 0 Å². The molecule has 2 aromatic carbocycles. The van der Waals surface area contributed by atoms with E-state index in [0.29, 0.717) is 19.8 Å². The van der Waals surface area contributed by atoms with Crippen LogP contribution in [0.15, 0.2) is 45.3 Å². The molecular weight excluding hydrogens is 410 g/mol. The fourth-order valence-corrected chi connectivity index (χ4v) is 2.74. The summed E-state index contributed by atoms with van der Waals surface area (Å²) in [7, 11) is 0. The van der Waals surface area contributed by atoms with Gasteiger partial charge in [-0.05, 0) is 55.8 Å². The van der Waals surface area contributed by atoms with Gasteiger partial charge in [0.1, 0.15) is 0 Å². The zero-order valence-corrected chi connectivity index (χ0v) is 15.8. The Bertz CT molecular complexity index is 615. The van der Waals surface area contributed by atoms with Crippen LogP contribution in [0.5, 0.6) is 11.5 Å². The summed E-state index contributed by atoms with van der Waals surface area (Å²) >= 11 is 7.04. The Morgan fingerprint density at radius 2 is 1.50 bits per heavy atom. The second kappa shape index (κ2) is 8.44. The van der Waals surface area contributed by atoms with Crippen LogP contribution in [-0.4, -0.2) is 13.2 Å². The van der Waals surface area contributed by atoms with Crippen LogP contribution < -0.4 is 14.8 Å². The Labute approximate surface area is 148 Å². The van der Waals surface area contributed by atoms with Gasteiger partial charge in [-0.25, -0.2) is 0 Å². The van der Waals surface area contributed by atoms with Gasteiger partial charge in [0.05, 0.1) is 13.2 Å². The number of hydrogen-bond acceptors (Lipinski definition) is 3. The number of benzene rings is 2. The summed E-state index contributed by atoms with van der Waals surface area (Å²) < 4.78 is 13.4. The summed E-state index contributed by atoms with van der Waals surface area (Å²) in [6, 6.07) is 12.1. The zero-order valence-electron chi connectivity index (χ0n) is 12.7. The first-order chi connectivity index (χ1) is 10.6. The van der Waals surface area contributed by atoms with Crippen LogP contribution in [0.3, 0.4) is 0 Å². The van der Waals surface area contributed by atoms with E-state index in [1.807, 2.05) is 50.2 Å². The van der Waals surface area contributed by atoms with Gasteiger partial charge < -0.3 is 14.8 Å². The minimum atomic E-state index is 0.612. The second-order valence-electron chi connectivity index (χ2n) is 4.62. The van der Waals surface area contributed by atoms with E-state index in [4.69, 9.17) is 9.47 Å². The lowest BCUT2D eigenvalue weighted by Crippen LogP contribution is -2.03. The van der Waals surface area contributed by atoms with Crippen LogP contribution in [0.4, 0.5) is 5.69 Å². The van der Waals surface area contributed by atoms with E-state index in [2.05, 4.69) is 37.2 Å². The predicted molar refractivity (Wildman–Crippen MR) is 97.9 cm³/mol. The molecule has 1 N–H and O–H groups in total. The minimum absolute atomic E-state index is 0.612. The molecule has 0 spiro atoms. The Morgan fingerprint density at radius 3 is 2.09 bits per heavy atom. The number of ether oxygens (including phenoxy) is 2. The number of nitrogens with one attached hydrogen (secondary N) is 1. The first-order valence-electron chi connectivity index (χ1n) is 7.21. The maximum Gasteiger partial charge on any atom is 0.162 e. The molecule has 3 nitrogen and oxygen atoms in total. The van der Waals surface area contributed by atoms with E-state index in [0.717, 1.165) is 31.7 Å². The zero-order chi connectivity index (χ0) is 15.9. The second-order valence-corrected chi connectivity index (χ2v) is 6.39. The van der Waals surface area contributed by atoms with Gasteiger partial charge in [0.25, 0.3) is 0 Å². The van der Waals surface area contributed by atoms with Crippen molar-refractivity contribution in [2.75, 3.05) is 18.5 Å². The summed E-state index contributed by atoms with van der Waals surface area (Å²) in [4.78, 5) is 0. The average Bonchev–Trinajstić information content (AvgIpc) is 2.50. The molecule has 0 heterocycles. The predicted octanol–water partition coefficient (Wildman–Crippen LogP) is 5.62. The Hall–Kier alpha value is -1.20. The third kappa shape index (κ3) is 4.65. The maximum atomic E-state index is 5.67. The molecular formula is C17H19Br2NO2. The highest BCUT2D eigenvalue weighted by atomic mass is 79.9. The van der Waals surface area contributed by atoms with Crippen molar-refractivity contribution in [1.29, 1.82) is 0 Å². The van der Waals surface area contributed by atoms with Crippen molar-refractivity contribution in [3.8, 4) is 11.5 Å². The molecule has 0 aliphatic carbocycles. The quantitative estimate of drug-likeness (QED) is 0.620. The fourth-order valence-electron chi connectivity index (χ4n) is 2.01. The molecule has 2 rings (SSSR count). The van der Waals surface area contributed by atoms with Crippen LogP contribution >= 0.6 is 31.9 Å². The van der Waals surface area contributed by atoms with Gasteiger partial charge in [-0.1, -0.05) is 31.9 Å². The van der Waals surface area contributed by atoms with Gasteiger partial charge >= 0.3 is 0 Å². The van der Waals surface area contributed by atoms with Crippen molar-refractivity contribution < 1.29 is 9.47 Å². The van der Waals surface area contributed by atoms with Gasteiger partial charge in [-0.2, -0.15) is 0 Å². The minimum Gasteiger partial charge on any atom is -0.490 e. The molecule has 0 aliphatic heterocycles. The van der Waals surface area contributed by atoms with E-state index in [1.54, 1.807) is 0 Å².